The predicted octanol–water partition coefficient (Wildman–Crippen LogP) is 5.18. The minimum Gasteiger partial charge on any atom is -0.303 e. The Morgan fingerprint density at radius 1 is 1.05 bits per heavy atom. The van der Waals surface area contributed by atoms with Crippen molar-refractivity contribution in [2.75, 3.05) is 0 Å². The van der Waals surface area contributed by atoms with Gasteiger partial charge >= 0.3 is 0 Å². The summed E-state index contributed by atoms with van der Waals surface area (Å²) in [5.74, 6) is -0.176. The average Bonchev–Trinajstić information content (AvgIpc) is 2.92. The third kappa shape index (κ3) is 3.35. The molecule has 1 N–H and O–H groups in total. The lowest BCUT2D eigenvalue weighted by atomic mass is 9.99. The zero-order valence-electron chi connectivity index (χ0n) is 12.7. The van der Waals surface area contributed by atoms with Crippen LogP contribution >= 0.6 is 11.3 Å². The number of benzene rings is 1. The molecule has 1 nitrogen and oxygen atoms in total. The van der Waals surface area contributed by atoms with Crippen LogP contribution in [0.5, 0.6) is 0 Å². The molecule has 2 aromatic rings. The van der Waals surface area contributed by atoms with Gasteiger partial charge in [0.1, 0.15) is 5.82 Å². The van der Waals surface area contributed by atoms with Crippen molar-refractivity contribution in [1.82, 2.24) is 5.32 Å². The van der Waals surface area contributed by atoms with Crippen LogP contribution in [0, 0.1) is 5.82 Å². The maximum absolute atomic E-state index is 13.0. The Morgan fingerprint density at radius 3 is 2.48 bits per heavy atom. The van der Waals surface area contributed by atoms with E-state index in [-0.39, 0.29) is 11.9 Å². The first-order valence-corrected chi connectivity index (χ1v) is 8.58. The molecule has 21 heavy (non-hydrogen) atoms. The second kappa shape index (κ2) is 6.29. The maximum Gasteiger partial charge on any atom is 0.123 e. The Hall–Kier alpha value is -1.19. The standard InChI is InChI=1S/C18H22FNS/c1-12(14-7-9-16(19)10-8-14)20-13(2)18-11-15-5-3-4-6-17(15)21-18/h7-13,20H,3-6H2,1-2H3. The lowest BCUT2D eigenvalue weighted by Crippen LogP contribution is -2.21. The summed E-state index contributed by atoms with van der Waals surface area (Å²) < 4.78 is 13.0. The Kier molecular flexibility index (Phi) is 4.41. The molecule has 0 saturated heterocycles. The van der Waals surface area contributed by atoms with Gasteiger partial charge in [0, 0.05) is 21.8 Å². The quantitative estimate of drug-likeness (QED) is 0.821. The molecule has 3 rings (SSSR count). The van der Waals surface area contributed by atoms with Gasteiger partial charge in [-0.05, 0) is 68.9 Å². The number of hydrogen-bond acceptors (Lipinski definition) is 2. The van der Waals surface area contributed by atoms with E-state index < -0.39 is 0 Å². The van der Waals surface area contributed by atoms with Gasteiger partial charge in [0.2, 0.25) is 0 Å². The van der Waals surface area contributed by atoms with Crippen LogP contribution in [0.15, 0.2) is 30.3 Å². The molecule has 2 atom stereocenters. The average molecular weight is 303 g/mol. The molecule has 1 aromatic carbocycles. The van der Waals surface area contributed by atoms with Gasteiger partial charge in [-0.25, -0.2) is 4.39 Å². The molecule has 1 heterocycles. The Balaban J connectivity index is 1.69. The molecule has 1 aliphatic rings. The van der Waals surface area contributed by atoms with Crippen LogP contribution in [0.3, 0.4) is 0 Å². The largest absolute Gasteiger partial charge is 0.303 e. The lowest BCUT2D eigenvalue weighted by Gasteiger charge is -2.19. The number of hydrogen-bond donors (Lipinski definition) is 1. The van der Waals surface area contributed by atoms with Crippen molar-refractivity contribution >= 4 is 11.3 Å². The van der Waals surface area contributed by atoms with Gasteiger partial charge in [0.05, 0.1) is 0 Å². The van der Waals surface area contributed by atoms with Crippen LogP contribution in [-0.4, -0.2) is 0 Å². The summed E-state index contributed by atoms with van der Waals surface area (Å²) in [4.78, 5) is 3.01. The van der Waals surface area contributed by atoms with Crippen LogP contribution in [0.25, 0.3) is 0 Å². The van der Waals surface area contributed by atoms with Gasteiger partial charge in [-0.15, -0.1) is 11.3 Å². The normalized spacial score (nSPS) is 17.3. The van der Waals surface area contributed by atoms with E-state index in [1.807, 2.05) is 23.5 Å². The van der Waals surface area contributed by atoms with Crippen molar-refractivity contribution in [2.24, 2.45) is 0 Å². The molecule has 1 aromatic heterocycles. The maximum atomic E-state index is 13.0. The Labute approximate surface area is 130 Å². The number of fused-ring (bicyclic) bond motifs is 1. The first kappa shape index (κ1) is 14.7. The lowest BCUT2D eigenvalue weighted by molar-refractivity contribution is 0.499. The van der Waals surface area contributed by atoms with Crippen molar-refractivity contribution in [1.29, 1.82) is 0 Å². The smallest absolute Gasteiger partial charge is 0.123 e. The fraction of sp³-hybridized carbons (Fsp3) is 0.444. The summed E-state index contributed by atoms with van der Waals surface area (Å²) >= 11 is 1.96. The Bertz CT molecular complexity index is 579. The van der Waals surface area contributed by atoms with Crippen LogP contribution in [0.1, 0.15) is 59.7 Å². The molecule has 0 radical (unpaired) electrons. The molecule has 2 unspecified atom stereocenters. The Morgan fingerprint density at radius 2 is 1.76 bits per heavy atom. The molecule has 3 heteroatoms. The minimum absolute atomic E-state index is 0.176. The van der Waals surface area contributed by atoms with Crippen molar-refractivity contribution in [2.45, 2.75) is 51.6 Å². The summed E-state index contributed by atoms with van der Waals surface area (Å²) in [7, 11) is 0. The highest BCUT2D eigenvalue weighted by Crippen LogP contribution is 2.33. The van der Waals surface area contributed by atoms with Crippen molar-refractivity contribution < 1.29 is 4.39 Å². The minimum atomic E-state index is -0.176. The molecule has 1 aliphatic carbocycles. The zero-order valence-corrected chi connectivity index (χ0v) is 13.5. The van der Waals surface area contributed by atoms with Gasteiger partial charge in [-0.1, -0.05) is 12.1 Å². The van der Waals surface area contributed by atoms with E-state index in [1.54, 1.807) is 10.4 Å². The molecule has 0 spiro atoms. The summed E-state index contributed by atoms with van der Waals surface area (Å²) in [6.07, 6.45) is 5.16. The number of thiophene rings is 1. The highest BCUT2D eigenvalue weighted by atomic mass is 32.1. The monoisotopic (exact) mass is 303 g/mol. The van der Waals surface area contributed by atoms with Crippen molar-refractivity contribution in [3.05, 3.63) is 57.0 Å². The van der Waals surface area contributed by atoms with Crippen LogP contribution in [0.4, 0.5) is 4.39 Å². The second-order valence-electron chi connectivity index (χ2n) is 5.97. The first-order chi connectivity index (χ1) is 10.1. The molecular weight excluding hydrogens is 281 g/mol. The van der Waals surface area contributed by atoms with Gasteiger partial charge in [-0.2, -0.15) is 0 Å². The van der Waals surface area contributed by atoms with Crippen molar-refractivity contribution in [3.63, 3.8) is 0 Å². The van der Waals surface area contributed by atoms with Crippen LogP contribution in [0.2, 0.25) is 0 Å². The number of halogens is 1. The SMILES string of the molecule is CC(NC(C)c1cc2c(s1)CCCC2)c1ccc(F)cc1. The molecule has 0 amide bonds. The van der Waals surface area contributed by atoms with Gasteiger partial charge < -0.3 is 5.32 Å². The number of nitrogens with one attached hydrogen (secondary N) is 1. The molecule has 112 valence electrons. The summed E-state index contributed by atoms with van der Waals surface area (Å²) in [5.41, 5.74) is 2.69. The fourth-order valence-electron chi connectivity index (χ4n) is 3.03. The topological polar surface area (TPSA) is 12.0 Å². The summed E-state index contributed by atoms with van der Waals surface area (Å²) in [6, 6.07) is 9.72. The highest BCUT2D eigenvalue weighted by Gasteiger charge is 2.18. The number of aryl methyl sites for hydroxylation is 2. The first-order valence-electron chi connectivity index (χ1n) is 7.76. The predicted molar refractivity (Wildman–Crippen MR) is 87.3 cm³/mol. The third-order valence-corrected chi connectivity index (χ3v) is 5.73. The van der Waals surface area contributed by atoms with Crippen LogP contribution < -0.4 is 5.32 Å². The molecule has 0 saturated carbocycles. The highest BCUT2D eigenvalue weighted by molar-refractivity contribution is 7.12. The van der Waals surface area contributed by atoms with E-state index in [0.29, 0.717) is 6.04 Å². The fourth-order valence-corrected chi connectivity index (χ4v) is 4.30. The van der Waals surface area contributed by atoms with E-state index in [1.165, 1.54) is 42.7 Å². The number of rotatable bonds is 4. The van der Waals surface area contributed by atoms with E-state index in [0.717, 1.165) is 5.56 Å². The van der Waals surface area contributed by atoms with Crippen LogP contribution in [-0.2, 0) is 12.8 Å². The summed E-state index contributed by atoms with van der Waals surface area (Å²) in [5, 5.41) is 3.63. The van der Waals surface area contributed by atoms with E-state index in [9.17, 15) is 4.39 Å². The molecule has 0 aliphatic heterocycles. The van der Waals surface area contributed by atoms with Gasteiger partial charge in [-0.3, -0.25) is 0 Å². The molecule has 0 bridgehead atoms. The second-order valence-corrected chi connectivity index (χ2v) is 7.13. The van der Waals surface area contributed by atoms with Gasteiger partial charge in [0.15, 0.2) is 0 Å². The molecule has 0 fully saturated rings. The zero-order chi connectivity index (χ0) is 14.8. The van der Waals surface area contributed by atoms with E-state index in [4.69, 9.17) is 0 Å². The summed E-state index contributed by atoms with van der Waals surface area (Å²) in [6.45, 7) is 4.36. The van der Waals surface area contributed by atoms with Gasteiger partial charge in [0.25, 0.3) is 0 Å². The van der Waals surface area contributed by atoms with E-state index in [2.05, 4.69) is 25.2 Å². The van der Waals surface area contributed by atoms with E-state index >= 15 is 0 Å². The molecular formula is C18H22FNS. The third-order valence-electron chi connectivity index (χ3n) is 4.31. The van der Waals surface area contributed by atoms with Crippen molar-refractivity contribution in [3.8, 4) is 0 Å².